The molecular formula is C5H4Cl2N2O. The van der Waals surface area contributed by atoms with Crippen molar-refractivity contribution >= 4 is 23.2 Å². The first kappa shape index (κ1) is 7.57. The summed E-state index contributed by atoms with van der Waals surface area (Å²) in [5, 5.41) is 0.0974. The molecule has 0 fully saturated rings. The number of hydrogen-bond donors (Lipinski definition) is 1. The van der Waals surface area contributed by atoms with Gasteiger partial charge in [0.25, 0.3) is 5.56 Å². The largest absolute Gasteiger partial charge is 0.321 e. The van der Waals surface area contributed by atoms with E-state index in [0.29, 0.717) is 5.69 Å². The molecule has 10 heavy (non-hydrogen) atoms. The lowest BCUT2D eigenvalue weighted by molar-refractivity contribution is 1.07. The van der Waals surface area contributed by atoms with Gasteiger partial charge in [-0.3, -0.25) is 4.79 Å². The van der Waals surface area contributed by atoms with Gasteiger partial charge in [-0.25, -0.2) is 4.98 Å². The van der Waals surface area contributed by atoms with Crippen LogP contribution in [-0.2, 0) is 0 Å². The first-order chi connectivity index (χ1) is 4.61. The molecule has 1 aromatic rings. The maximum absolute atomic E-state index is 10.7. The molecule has 0 aromatic carbocycles. The van der Waals surface area contributed by atoms with Gasteiger partial charge in [0.05, 0.1) is 5.69 Å². The Morgan fingerprint density at radius 2 is 2.00 bits per heavy atom. The van der Waals surface area contributed by atoms with Crippen LogP contribution in [0.15, 0.2) is 4.79 Å². The van der Waals surface area contributed by atoms with Gasteiger partial charge in [-0.2, -0.15) is 0 Å². The summed E-state index contributed by atoms with van der Waals surface area (Å²) in [5.74, 6) is 0. The van der Waals surface area contributed by atoms with Crippen LogP contribution in [0.5, 0.6) is 0 Å². The summed E-state index contributed by atoms with van der Waals surface area (Å²) in [5.41, 5.74) is 0.111. The Balaban J connectivity index is 3.43. The molecule has 0 spiro atoms. The lowest BCUT2D eigenvalue weighted by atomic mass is 10.5. The highest BCUT2D eigenvalue weighted by atomic mass is 35.5. The molecule has 3 nitrogen and oxygen atoms in total. The van der Waals surface area contributed by atoms with Gasteiger partial charge < -0.3 is 4.98 Å². The number of nitrogens with zero attached hydrogens (tertiary/aromatic N) is 1. The van der Waals surface area contributed by atoms with Gasteiger partial charge in [-0.15, -0.1) is 0 Å². The Morgan fingerprint density at radius 1 is 1.40 bits per heavy atom. The average Bonchev–Trinajstić information content (AvgIpc) is 1.84. The van der Waals surface area contributed by atoms with E-state index in [4.69, 9.17) is 23.2 Å². The number of halogens is 2. The van der Waals surface area contributed by atoms with E-state index in [0.717, 1.165) is 0 Å². The zero-order valence-electron chi connectivity index (χ0n) is 5.11. The normalized spacial score (nSPS) is 9.90. The minimum atomic E-state index is -0.413. The number of H-pyrrole nitrogens is 1. The first-order valence-electron chi connectivity index (χ1n) is 2.53. The van der Waals surface area contributed by atoms with E-state index < -0.39 is 5.56 Å². The Labute approximate surface area is 67.0 Å². The van der Waals surface area contributed by atoms with Crippen molar-refractivity contribution < 1.29 is 0 Å². The highest BCUT2D eigenvalue weighted by Crippen LogP contribution is 2.08. The molecule has 5 heteroatoms. The van der Waals surface area contributed by atoms with E-state index in [-0.39, 0.29) is 10.3 Å². The summed E-state index contributed by atoms with van der Waals surface area (Å²) in [6.45, 7) is 1.65. The topological polar surface area (TPSA) is 45.8 Å². The van der Waals surface area contributed by atoms with Crippen LogP contribution in [0.3, 0.4) is 0 Å². The molecule has 0 aliphatic carbocycles. The van der Waals surface area contributed by atoms with Crippen molar-refractivity contribution in [2.75, 3.05) is 0 Å². The third kappa shape index (κ3) is 1.30. The molecule has 1 heterocycles. The summed E-state index contributed by atoms with van der Waals surface area (Å²) in [4.78, 5) is 16.7. The van der Waals surface area contributed by atoms with Crippen LogP contribution in [0, 0.1) is 6.92 Å². The summed E-state index contributed by atoms with van der Waals surface area (Å²) >= 11 is 10.9. The molecule has 0 unspecified atom stereocenters. The Hall–Kier alpha value is -0.540. The molecule has 1 rings (SSSR count). The molecule has 1 N–H and O–H groups in total. The number of aryl methyl sites for hydroxylation is 1. The molecule has 0 radical (unpaired) electrons. The molecule has 0 aliphatic heterocycles. The van der Waals surface area contributed by atoms with Crippen molar-refractivity contribution in [2.45, 2.75) is 6.92 Å². The van der Waals surface area contributed by atoms with E-state index in [1.807, 2.05) is 0 Å². The highest BCUT2D eigenvalue weighted by molar-refractivity contribution is 6.32. The van der Waals surface area contributed by atoms with E-state index in [1.54, 1.807) is 6.92 Å². The second kappa shape index (κ2) is 2.60. The second-order valence-corrected chi connectivity index (χ2v) is 2.49. The monoisotopic (exact) mass is 178 g/mol. The van der Waals surface area contributed by atoms with Crippen molar-refractivity contribution in [1.82, 2.24) is 9.97 Å². The predicted octanol–water partition coefficient (Wildman–Crippen LogP) is 1.39. The van der Waals surface area contributed by atoms with Crippen LogP contribution in [-0.4, -0.2) is 9.97 Å². The van der Waals surface area contributed by atoms with Crippen molar-refractivity contribution in [3.05, 3.63) is 26.4 Å². The fraction of sp³-hybridized carbons (Fsp3) is 0.200. The summed E-state index contributed by atoms with van der Waals surface area (Å²) < 4.78 is 0. The van der Waals surface area contributed by atoms with Gasteiger partial charge in [-0.05, 0) is 6.92 Å². The standard InChI is InChI=1S/C5H4Cl2N2O/c1-2-3(6)9-4(7)5(10)8-2/h1H3,(H,8,10). The molecule has 0 saturated heterocycles. The zero-order chi connectivity index (χ0) is 7.72. The summed E-state index contributed by atoms with van der Waals surface area (Å²) in [7, 11) is 0. The second-order valence-electron chi connectivity index (χ2n) is 1.77. The predicted molar refractivity (Wildman–Crippen MR) is 39.6 cm³/mol. The molecule has 54 valence electrons. The molecule has 0 bridgehead atoms. The highest BCUT2D eigenvalue weighted by Gasteiger charge is 2.01. The maximum Gasteiger partial charge on any atom is 0.285 e. The molecular weight excluding hydrogens is 175 g/mol. The number of hydrogen-bond acceptors (Lipinski definition) is 2. The first-order valence-corrected chi connectivity index (χ1v) is 3.29. The number of rotatable bonds is 0. The van der Waals surface area contributed by atoms with Gasteiger partial charge in [0.1, 0.15) is 5.15 Å². The van der Waals surface area contributed by atoms with Gasteiger partial charge in [0.15, 0.2) is 5.15 Å². The number of aromatic nitrogens is 2. The van der Waals surface area contributed by atoms with E-state index >= 15 is 0 Å². The third-order valence-corrected chi connectivity index (χ3v) is 1.62. The Bertz CT molecular complexity index is 307. The quantitative estimate of drug-likeness (QED) is 0.653. The minimum Gasteiger partial charge on any atom is -0.321 e. The zero-order valence-corrected chi connectivity index (χ0v) is 6.62. The lowest BCUT2D eigenvalue weighted by Gasteiger charge is -1.94. The Kier molecular flexibility index (Phi) is 1.97. The lowest BCUT2D eigenvalue weighted by Crippen LogP contribution is -2.09. The Morgan fingerprint density at radius 3 is 2.50 bits per heavy atom. The van der Waals surface area contributed by atoms with Crippen molar-refractivity contribution in [1.29, 1.82) is 0 Å². The van der Waals surface area contributed by atoms with Crippen LogP contribution in [0.4, 0.5) is 0 Å². The molecule has 1 aromatic heterocycles. The van der Waals surface area contributed by atoms with Gasteiger partial charge in [0, 0.05) is 0 Å². The van der Waals surface area contributed by atoms with Crippen LogP contribution in [0.1, 0.15) is 5.69 Å². The fourth-order valence-corrected chi connectivity index (χ4v) is 0.801. The summed E-state index contributed by atoms with van der Waals surface area (Å²) in [6, 6.07) is 0. The van der Waals surface area contributed by atoms with E-state index in [9.17, 15) is 4.79 Å². The summed E-state index contributed by atoms with van der Waals surface area (Å²) in [6.07, 6.45) is 0. The van der Waals surface area contributed by atoms with Crippen molar-refractivity contribution in [2.24, 2.45) is 0 Å². The van der Waals surface area contributed by atoms with Gasteiger partial charge in [0.2, 0.25) is 0 Å². The van der Waals surface area contributed by atoms with Crippen LogP contribution in [0.2, 0.25) is 10.3 Å². The van der Waals surface area contributed by atoms with Gasteiger partial charge in [-0.1, -0.05) is 23.2 Å². The number of nitrogens with one attached hydrogen (secondary N) is 1. The molecule has 0 atom stereocenters. The van der Waals surface area contributed by atoms with Crippen LogP contribution >= 0.6 is 23.2 Å². The van der Waals surface area contributed by atoms with Gasteiger partial charge >= 0.3 is 0 Å². The molecule has 0 aliphatic rings. The molecule has 0 amide bonds. The SMILES string of the molecule is Cc1[nH]c(=O)c(Cl)nc1Cl. The molecule has 0 saturated carbocycles. The fourth-order valence-electron chi connectivity index (χ4n) is 0.494. The van der Waals surface area contributed by atoms with Crippen LogP contribution < -0.4 is 5.56 Å². The number of aromatic amines is 1. The minimum absolute atomic E-state index is 0.129. The third-order valence-electron chi connectivity index (χ3n) is 0.994. The van der Waals surface area contributed by atoms with E-state index in [2.05, 4.69) is 9.97 Å². The van der Waals surface area contributed by atoms with Crippen molar-refractivity contribution in [3.63, 3.8) is 0 Å². The average molecular weight is 179 g/mol. The smallest absolute Gasteiger partial charge is 0.285 e. The van der Waals surface area contributed by atoms with E-state index in [1.165, 1.54) is 0 Å². The van der Waals surface area contributed by atoms with Crippen molar-refractivity contribution in [3.8, 4) is 0 Å². The van der Waals surface area contributed by atoms with Crippen LogP contribution in [0.25, 0.3) is 0 Å². The maximum atomic E-state index is 10.7.